The van der Waals surface area contributed by atoms with E-state index >= 15 is 0 Å². The van der Waals surface area contributed by atoms with Crippen LogP contribution in [0.1, 0.15) is 19.8 Å². The predicted octanol–water partition coefficient (Wildman–Crippen LogP) is 1.34. The number of piperidine rings is 1. The molecule has 2 atom stereocenters. The van der Waals surface area contributed by atoms with Gasteiger partial charge in [-0.1, -0.05) is 13.3 Å². The molecule has 0 radical (unpaired) electrons. The van der Waals surface area contributed by atoms with Gasteiger partial charge in [-0.25, -0.2) is 4.39 Å². The van der Waals surface area contributed by atoms with E-state index in [-0.39, 0.29) is 0 Å². The molecule has 0 amide bonds. The Balaban J connectivity index is 2.23. The van der Waals surface area contributed by atoms with Crippen LogP contribution in [0, 0.1) is 5.92 Å². The van der Waals surface area contributed by atoms with E-state index in [1.54, 1.807) is 0 Å². The van der Waals surface area contributed by atoms with E-state index < -0.39 is 6.17 Å². The molecule has 0 aromatic carbocycles. The fourth-order valence-electron chi connectivity index (χ4n) is 1.28. The van der Waals surface area contributed by atoms with Crippen LogP contribution in [0.5, 0.6) is 0 Å². The van der Waals surface area contributed by atoms with Crippen molar-refractivity contribution in [3.05, 3.63) is 0 Å². The lowest BCUT2D eigenvalue weighted by Crippen LogP contribution is -2.36. The highest BCUT2D eigenvalue weighted by Gasteiger charge is 2.18. The van der Waals surface area contributed by atoms with Crippen molar-refractivity contribution in [2.75, 3.05) is 13.1 Å². The normalized spacial score (nSPS) is 36.7. The van der Waals surface area contributed by atoms with E-state index in [0.717, 1.165) is 19.4 Å². The van der Waals surface area contributed by atoms with Crippen molar-refractivity contribution >= 4 is 0 Å². The third-order valence-electron chi connectivity index (χ3n) is 1.97. The number of alkyl halides is 1. The van der Waals surface area contributed by atoms with E-state index in [1.165, 1.54) is 0 Å². The molecule has 1 saturated heterocycles. The highest BCUT2D eigenvalue weighted by molar-refractivity contribution is 4.74. The number of hydrogen-bond acceptors (Lipinski definition) is 1. The van der Waals surface area contributed by atoms with Gasteiger partial charge in [0.05, 0.1) is 0 Å². The van der Waals surface area contributed by atoms with Crippen LogP contribution in [0.15, 0.2) is 0 Å². The highest BCUT2D eigenvalue weighted by atomic mass is 19.1. The van der Waals surface area contributed by atoms with Crippen molar-refractivity contribution in [2.45, 2.75) is 25.9 Å². The average molecular weight is 131 g/mol. The van der Waals surface area contributed by atoms with Crippen LogP contribution in [0.25, 0.3) is 0 Å². The maximum absolute atomic E-state index is 12.6. The molecule has 1 N–H and O–H groups in total. The summed E-state index contributed by atoms with van der Waals surface area (Å²) in [4.78, 5) is 0. The van der Waals surface area contributed by atoms with Crippen molar-refractivity contribution in [2.24, 2.45) is 5.92 Å². The number of rotatable bonds is 1. The minimum Gasteiger partial charge on any atom is -0.314 e. The maximum atomic E-state index is 12.6. The molecule has 1 rings (SSSR count). The van der Waals surface area contributed by atoms with Crippen molar-refractivity contribution in [1.29, 1.82) is 0 Å². The lowest BCUT2D eigenvalue weighted by atomic mass is 9.96. The Labute approximate surface area is 55.6 Å². The summed E-state index contributed by atoms with van der Waals surface area (Å²) < 4.78 is 12.6. The number of halogens is 1. The molecule has 2 unspecified atom stereocenters. The van der Waals surface area contributed by atoms with Crippen molar-refractivity contribution < 1.29 is 4.39 Å². The summed E-state index contributed by atoms with van der Waals surface area (Å²) >= 11 is 0. The first-order chi connectivity index (χ1) is 4.33. The molecule has 0 bridgehead atoms. The van der Waals surface area contributed by atoms with Gasteiger partial charge in [-0.15, -0.1) is 0 Å². The fraction of sp³-hybridized carbons (Fsp3) is 1.00. The zero-order chi connectivity index (χ0) is 6.69. The van der Waals surface area contributed by atoms with E-state index in [4.69, 9.17) is 0 Å². The van der Waals surface area contributed by atoms with E-state index in [1.807, 2.05) is 0 Å². The predicted molar refractivity (Wildman–Crippen MR) is 36.2 cm³/mol. The third kappa shape index (κ3) is 1.94. The van der Waals surface area contributed by atoms with Gasteiger partial charge in [0.15, 0.2) is 0 Å². The SMILES string of the molecule is CCC1CNCC(F)C1. The van der Waals surface area contributed by atoms with E-state index in [2.05, 4.69) is 12.2 Å². The lowest BCUT2D eigenvalue weighted by molar-refractivity contribution is 0.211. The van der Waals surface area contributed by atoms with Crippen LogP contribution >= 0.6 is 0 Å². The van der Waals surface area contributed by atoms with Gasteiger partial charge in [0.1, 0.15) is 6.17 Å². The van der Waals surface area contributed by atoms with Gasteiger partial charge in [-0.05, 0) is 18.9 Å². The molecule has 1 aliphatic heterocycles. The van der Waals surface area contributed by atoms with Crippen LogP contribution in [-0.4, -0.2) is 19.3 Å². The van der Waals surface area contributed by atoms with Crippen molar-refractivity contribution in [3.8, 4) is 0 Å². The Kier molecular flexibility index (Phi) is 2.46. The van der Waals surface area contributed by atoms with Gasteiger partial charge in [-0.2, -0.15) is 0 Å². The molecule has 2 heteroatoms. The van der Waals surface area contributed by atoms with Crippen LogP contribution in [0.3, 0.4) is 0 Å². The molecule has 0 aromatic heterocycles. The standard InChI is InChI=1S/C7H14FN/c1-2-6-3-7(8)5-9-4-6/h6-7,9H,2-5H2,1H3. The Morgan fingerprint density at radius 2 is 2.33 bits per heavy atom. The summed E-state index contributed by atoms with van der Waals surface area (Å²) in [6.07, 6.45) is 1.28. The van der Waals surface area contributed by atoms with Crippen molar-refractivity contribution in [3.63, 3.8) is 0 Å². The molecule has 0 saturated carbocycles. The monoisotopic (exact) mass is 131 g/mol. The molecule has 1 heterocycles. The summed E-state index contributed by atoms with van der Waals surface area (Å²) in [7, 11) is 0. The second-order valence-corrected chi connectivity index (χ2v) is 2.77. The second-order valence-electron chi connectivity index (χ2n) is 2.77. The molecule has 54 valence electrons. The zero-order valence-electron chi connectivity index (χ0n) is 5.86. The van der Waals surface area contributed by atoms with E-state index in [0.29, 0.717) is 12.5 Å². The summed E-state index contributed by atoms with van der Waals surface area (Å²) in [5.74, 6) is 0.578. The summed E-state index contributed by atoms with van der Waals surface area (Å²) in [5.41, 5.74) is 0. The Morgan fingerprint density at radius 1 is 1.56 bits per heavy atom. The second kappa shape index (κ2) is 3.16. The molecule has 0 aromatic rings. The van der Waals surface area contributed by atoms with Gasteiger partial charge in [0.25, 0.3) is 0 Å². The molecule has 1 aliphatic rings. The van der Waals surface area contributed by atoms with Crippen LogP contribution < -0.4 is 5.32 Å². The minimum absolute atomic E-state index is 0.566. The Morgan fingerprint density at radius 3 is 2.78 bits per heavy atom. The van der Waals surface area contributed by atoms with Gasteiger partial charge in [-0.3, -0.25) is 0 Å². The zero-order valence-corrected chi connectivity index (χ0v) is 5.86. The first-order valence-corrected chi connectivity index (χ1v) is 3.67. The maximum Gasteiger partial charge on any atom is 0.113 e. The minimum atomic E-state index is -0.594. The first kappa shape index (κ1) is 7.00. The number of hydrogen-bond donors (Lipinski definition) is 1. The van der Waals surface area contributed by atoms with Gasteiger partial charge in [0.2, 0.25) is 0 Å². The van der Waals surface area contributed by atoms with E-state index in [9.17, 15) is 4.39 Å². The topological polar surface area (TPSA) is 12.0 Å². The molecular weight excluding hydrogens is 117 g/mol. The molecular formula is C7H14FN. The summed E-state index contributed by atoms with van der Waals surface area (Å²) in [5, 5.41) is 3.06. The number of nitrogens with one attached hydrogen (secondary N) is 1. The van der Waals surface area contributed by atoms with Crippen molar-refractivity contribution in [1.82, 2.24) is 5.32 Å². The average Bonchev–Trinajstić information content (AvgIpc) is 1.88. The smallest absolute Gasteiger partial charge is 0.113 e. The molecule has 1 nitrogen and oxygen atoms in total. The van der Waals surface area contributed by atoms with Crippen LogP contribution in [0.2, 0.25) is 0 Å². The summed E-state index contributed by atoms with van der Waals surface area (Å²) in [6.45, 7) is 3.69. The van der Waals surface area contributed by atoms with Crippen LogP contribution in [0.4, 0.5) is 4.39 Å². The third-order valence-corrected chi connectivity index (χ3v) is 1.97. The van der Waals surface area contributed by atoms with Gasteiger partial charge >= 0.3 is 0 Å². The molecule has 1 fully saturated rings. The fourth-order valence-corrected chi connectivity index (χ4v) is 1.28. The first-order valence-electron chi connectivity index (χ1n) is 3.67. The Hall–Kier alpha value is -0.110. The largest absolute Gasteiger partial charge is 0.314 e. The molecule has 9 heavy (non-hydrogen) atoms. The molecule has 0 spiro atoms. The lowest BCUT2D eigenvalue weighted by Gasteiger charge is -2.24. The van der Waals surface area contributed by atoms with Gasteiger partial charge < -0.3 is 5.32 Å². The summed E-state index contributed by atoms with van der Waals surface area (Å²) in [6, 6.07) is 0. The van der Waals surface area contributed by atoms with Crippen LogP contribution in [-0.2, 0) is 0 Å². The highest BCUT2D eigenvalue weighted by Crippen LogP contribution is 2.15. The quantitative estimate of drug-likeness (QED) is 0.566. The molecule has 0 aliphatic carbocycles. The van der Waals surface area contributed by atoms with Gasteiger partial charge in [0, 0.05) is 6.54 Å². The Bertz CT molecular complexity index is 85.0.